The number of hydrogen-bond acceptors (Lipinski definition) is 5. The van der Waals surface area contributed by atoms with Crippen molar-refractivity contribution < 1.29 is 4.84 Å². The minimum absolute atomic E-state index is 0.512. The van der Waals surface area contributed by atoms with Crippen LogP contribution in [0.25, 0.3) is 0 Å². The molecule has 0 fully saturated rings. The standard InChI is InChI=1S/C22H30N4O/c1-5-24(6-2)19-11-9-18(10-12-19)22-23-17-26(27-22)21-15-13-20(14-16-21)25(7-3)8-4/h9-16H,5-8,17H2,1-4H3. The molecule has 5 heteroatoms. The molecule has 0 unspecified atom stereocenters. The second kappa shape index (κ2) is 8.80. The van der Waals surface area contributed by atoms with E-state index in [0.717, 1.165) is 37.4 Å². The molecule has 0 bridgehead atoms. The van der Waals surface area contributed by atoms with Crippen LogP contribution < -0.4 is 14.9 Å². The van der Waals surface area contributed by atoms with E-state index >= 15 is 0 Å². The lowest BCUT2D eigenvalue weighted by Gasteiger charge is -2.22. The topological polar surface area (TPSA) is 31.3 Å². The van der Waals surface area contributed by atoms with E-state index in [4.69, 9.17) is 4.84 Å². The molecular weight excluding hydrogens is 336 g/mol. The van der Waals surface area contributed by atoms with Crippen molar-refractivity contribution in [3.8, 4) is 0 Å². The fourth-order valence-corrected chi connectivity index (χ4v) is 3.39. The summed E-state index contributed by atoms with van der Waals surface area (Å²) in [6, 6.07) is 16.9. The minimum Gasteiger partial charge on any atom is -0.372 e. The van der Waals surface area contributed by atoms with Gasteiger partial charge in [-0.15, -0.1) is 0 Å². The largest absolute Gasteiger partial charge is 0.372 e. The zero-order valence-corrected chi connectivity index (χ0v) is 16.9. The van der Waals surface area contributed by atoms with Gasteiger partial charge in [0.1, 0.15) is 6.67 Å². The van der Waals surface area contributed by atoms with Crippen LogP contribution in [0.2, 0.25) is 0 Å². The summed E-state index contributed by atoms with van der Waals surface area (Å²) in [7, 11) is 0. The van der Waals surface area contributed by atoms with E-state index in [2.05, 4.69) is 91.0 Å². The second-order valence-electron chi connectivity index (χ2n) is 6.48. The molecule has 0 aliphatic carbocycles. The van der Waals surface area contributed by atoms with Crippen molar-refractivity contribution in [3.63, 3.8) is 0 Å². The van der Waals surface area contributed by atoms with Gasteiger partial charge in [0.05, 0.1) is 5.69 Å². The van der Waals surface area contributed by atoms with Crippen molar-refractivity contribution in [1.29, 1.82) is 0 Å². The highest BCUT2D eigenvalue weighted by Gasteiger charge is 2.20. The van der Waals surface area contributed by atoms with Crippen LogP contribution >= 0.6 is 0 Å². The third-order valence-electron chi connectivity index (χ3n) is 5.05. The fourth-order valence-electron chi connectivity index (χ4n) is 3.39. The molecule has 144 valence electrons. The molecule has 0 saturated carbocycles. The van der Waals surface area contributed by atoms with Gasteiger partial charge in [-0.05, 0) is 76.2 Å². The van der Waals surface area contributed by atoms with E-state index in [0.29, 0.717) is 12.6 Å². The third-order valence-corrected chi connectivity index (χ3v) is 5.05. The molecule has 2 aromatic carbocycles. The van der Waals surface area contributed by atoms with E-state index in [1.54, 1.807) is 0 Å². The third kappa shape index (κ3) is 4.18. The van der Waals surface area contributed by atoms with Crippen LogP contribution in [0.5, 0.6) is 0 Å². The smallest absolute Gasteiger partial charge is 0.250 e. The van der Waals surface area contributed by atoms with Crippen LogP contribution in [0.1, 0.15) is 33.3 Å². The highest BCUT2D eigenvalue weighted by molar-refractivity contribution is 5.96. The molecule has 5 nitrogen and oxygen atoms in total. The van der Waals surface area contributed by atoms with Gasteiger partial charge in [0.2, 0.25) is 0 Å². The maximum absolute atomic E-state index is 6.00. The Labute approximate surface area is 162 Å². The normalized spacial score (nSPS) is 13.3. The van der Waals surface area contributed by atoms with Gasteiger partial charge in [0, 0.05) is 43.1 Å². The summed E-state index contributed by atoms with van der Waals surface area (Å²) in [6.45, 7) is 13.2. The van der Waals surface area contributed by atoms with E-state index < -0.39 is 0 Å². The monoisotopic (exact) mass is 366 g/mol. The lowest BCUT2D eigenvalue weighted by molar-refractivity contribution is 0.300. The Kier molecular flexibility index (Phi) is 6.22. The molecule has 1 heterocycles. The zero-order chi connectivity index (χ0) is 19.2. The molecule has 0 aromatic heterocycles. The molecule has 0 amide bonds. The lowest BCUT2D eigenvalue weighted by atomic mass is 10.2. The summed E-state index contributed by atoms with van der Waals surface area (Å²) >= 11 is 0. The highest BCUT2D eigenvalue weighted by atomic mass is 16.7. The Morgan fingerprint density at radius 2 is 1.26 bits per heavy atom. The van der Waals surface area contributed by atoms with Crippen LogP contribution in [0.15, 0.2) is 53.5 Å². The summed E-state index contributed by atoms with van der Waals surface area (Å²) < 4.78 is 0. The fraction of sp³-hybridized carbons (Fsp3) is 0.409. The number of rotatable bonds is 8. The molecule has 1 aliphatic heterocycles. The van der Waals surface area contributed by atoms with Crippen molar-refractivity contribution in [2.45, 2.75) is 27.7 Å². The molecule has 27 heavy (non-hydrogen) atoms. The summed E-state index contributed by atoms with van der Waals surface area (Å²) in [5.41, 5.74) is 4.49. The molecular formula is C22H30N4O. The lowest BCUT2D eigenvalue weighted by Crippen LogP contribution is -2.23. The van der Waals surface area contributed by atoms with E-state index in [9.17, 15) is 0 Å². The predicted octanol–water partition coefficient (Wildman–Crippen LogP) is 4.53. The molecule has 0 radical (unpaired) electrons. The SMILES string of the molecule is CCN(CC)c1ccc(C2=NCN(c3ccc(N(CC)CC)cc3)O2)cc1. The van der Waals surface area contributed by atoms with Crippen LogP contribution in [0.4, 0.5) is 17.1 Å². The molecule has 0 atom stereocenters. The number of hydrogen-bond donors (Lipinski definition) is 0. The van der Waals surface area contributed by atoms with Gasteiger partial charge in [-0.1, -0.05) is 0 Å². The van der Waals surface area contributed by atoms with Gasteiger partial charge in [-0.2, -0.15) is 5.06 Å². The van der Waals surface area contributed by atoms with Crippen molar-refractivity contribution in [2.24, 2.45) is 4.99 Å². The number of nitrogens with zero attached hydrogens (tertiary/aromatic N) is 4. The zero-order valence-electron chi connectivity index (χ0n) is 16.9. The van der Waals surface area contributed by atoms with Crippen molar-refractivity contribution in [3.05, 3.63) is 54.1 Å². The Balaban J connectivity index is 1.66. The first kappa shape index (κ1) is 19.1. The number of hydroxylamine groups is 1. The molecule has 0 spiro atoms. The minimum atomic E-state index is 0.512. The Bertz CT molecular complexity index is 747. The summed E-state index contributed by atoms with van der Waals surface area (Å²) in [5, 5.41) is 1.83. The molecule has 1 aliphatic rings. The van der Waals surface area contributed by atoms with Gasteiger partial charge in [-0.25, -0.2) is 4.99 Å². The highest BCUT2D eigenvalue weighted by Crippen LogP contribution is 2.25. The number of anilines is 3. The average Bonchev–Trinajstić information content (AvgIpc) is 3.21. The van der Waals surface area contributed by atoms with Gasteiger partial charge < -0.3 is 14.6 Å². The van der Waals surface area contributed by atoms with Crippen molar-refractivity contribution >= 4 is 23.0 Å². The first-order valence-corrected chi connectivity index (χ1v) is 9.90. The molecule has 2 aromatic rings. The Morgan fingerprint density at radius 3 is 1.74 bits per heavy atom. The Hall–Kier alpha value is -2.69. The van der Waals surface area contributed by atoms with E-state index in [1.807, 2.05) is 5.06 Å². The van der Waals surface area contributed by atoms with Crippen LogP contribution in [-0.2, 0) is 4.84 Å². The maximum atomic E-state index is 6.00. The van der Waals surface area contributed by atoms with Gasteiger partial charge in [-0.3, -0.25) is 0 Å². The predicted molar refractivity (Wildman–Crippen MR) is 115 cm³/mol. The van der Waals surface area contributed by atoms with Crippen molar-refractivity contribution in [2.75, 3.05) is 47.7 Å². The van der Waals surface area contributed by atoms with Gasteiger partial charge in [0.25, 0.3) is 5.90 Å². The quantitative estimate of drug-likeness (QED) is 0.687. The Morgan fingerprint density at radius 1 is 0.778 bits per heavy atom. The van der Waals surface area contributed by atoms with Crippen LogP contribution in [-0.4, -0.2) is 38.7 Å². The first-order valence-electron chi connectivity index (χ1n) is 9.90. The van der Waals surface area contributed by atoms with Crippen molar-refractivity contribution in [1.82, 2.24) is 0 Å². The first-order chi connectivity index (χ1) is 13.2. The number of aliphatic imine (C=N–C) groups is 1. The maximum Gasteiger partial charge on any atom is 0.250 e. The van der Waals surface area contributed by atoms with Gasteiger partial charge >= 0.3 is 0 Å². The summed E-state index contributed by atoms with van der Waals surface area (Å²) in [5.74, 6) is 0.675. The van der Waals surface area contributed by atoms with E-state index in [-0.39, 0.29) is 0 Å². The molecule has 3 rings (SSSR count). The summed E-state index contributed by atoms with van der Waals surface area (Å²) in [4.78, 5) is 15.2. The average molecular weight is 367 g/mol. The molecule has 0 saturated heterocycles. The van der Waals surface area contributed by atoms with E-state index in [1.165, 1.54) is 11.4 Å². The van der Waals surface area contributed by atoms with Gasteiger partial charge in [0.15, 0.2) is 0 Å². The van der Waals surface area contributed by atoms with Crippen LogP contribution in [0.3, 0.4) is 0 Å². The molecule has 0 N–H and O–H groups in total. The van der Waals surface area contributed by atoms with Crippen LogP contribution in [0, 0.1) is 0 Å². The summed E-state index contributed by atoms with van der Waals surface area (Å²) in [6.07, 6.45) is 0. The second-order valence-corrected chi connectivity index (χ2v) is 6.48. The number of benzene rings is 2.